The van der Waals surface area contributed by atoms with Crippen molar-refractivity contribution in [3.8, 4) is 5.69 Å². The molecule has 1 aromatic carbocycles. The first kappa shape index (κ1) is 21.8. The fourth-order valence-electron chi connectivity index (χ4n) is 4.70. The van der Waals surface area contributed by atoms with E-state index in [1.807, 2.05) is 48.9 Å². The normalized spacial score (nSPS) is 17.9. The van der Waals surface area contributed by atoms with Crippen LogP contribution in [0.5, 0.6) is 0 Å². The van der Waals surface area contributed by atoms with E-state index in [0.717, 1.165) is 21.0 Å². The number of aryl methyl sites for hydroxylation is 1. The van der Waals surface area contributed by atoms with E-state index in [1.165, 1.54) is 22.5 Å². The Bertz CT molecular complexity index is 1290. The fraction of sp³-hybridized carbons (Fsp3) is 0.192. The van der Waals surface area contributed by atoms with Gasteiger partial charge in [0.1, 0.15) is 0 Å². The molecule has 1 N–H and O–H groups in total. The molecule has 1 aliphatic rings. The summed E-state index contributed by atoms with van der Waals surface area (Å²) in [7, 11) is 0. The first-order valence-electron chi connectivity index (χ1n) is 10.8. The third-order valence-corrected chi connectivity index (χ3v) is 7.00. The molecule has 0 aliphatic carbocycles. The van der Waals surface area contributed by atoms with Gasteiger partial charge in [-0.15, -0.1) is 0 Å². The maximum atomic E-state index is 5.85. The predicted molar refractivity (Wildman–Crippen MR) is 138 cm³/mol. The Balaban J connectivity index is 1.62. The van der Waals surface area contributed by atoms with Crippen LogP contribution >= 0.6 is 28.1 Å². The van der Waals surface area contributed by atoms with Crippen molar-refractivity contribution in [1.82, 2.24) is 24.8 Å². The van der Waals surface area contributed by atoms with E-state index < -0.39 is 0 Å². The van der Waals surface area contributed by atoms with Gasteiger partial charge in [-0.2, -0.15) is 0 Å². The first-order chi connectivity index (χ1) is 16.0. The lowest BCUT2D eigenvalue weighted by Gasteiger charge is -2.28. The highest BCUT2D eigenvalue weighted by atomic mass is 79.9. The average Bonchev–Trinajstić information content (AvgIpc) is 3.30. The van der Waals surface area contributed by atoms with Crippen LogP contribution in [-0.4, -0.2) is 24.5 Å². The highest BCUT2D eigenvalue weighted by molar-refractivity contribution is 9.10. The third-order valence-electron chi connectivity index (χ3n) is 6.16. The molecule has 0 radical (unpaired) electrons. The summed E-state index contributed by atoms with van der Waals surface area (Å²) in [6.07, 6.45) is 5.49. The second-order valence-electron chi connectivity index (χ2n) is 8.25. The topological polar surface area (TPSA) is 46.0 Å². The Kier molecular flexibility index (Phi) is 6.00. The Hall–Kier alpha value is -3.03. The summed E-state index contributed by atoms with van der Waals surface area (Å²) in [6, 6.07) is 20.8. The van der Waals surface area contributed by atoms with Crippen molar-refractivity contribution >= 4 is 33.3 Å². The van der Waals surface area contributed by atoms with Crippen LogP contribution in [0.2, 0.25) is 0 Å². The maximum Gasteiger partial charge on any atom is 0.170 e. The number of benzene rings is 1. The number of halogens is 1. The summed E-state index contributed by atoms with van der Waals surface area (Å²) in [5.41, 5.74) is 6.90. The minimum atomic E-state index is -0.0444. The molecule has 166 valence electrons. The SMILES string of the molecule is Cc1cc(C2C(c3ccccn3)NC(=S)N2Cc2ccncc2)c(C)n1-c1cccc(Br)c1. The zero-order valence-corrected chi connectivity index (χ0v) is 20.8. The van der Waals surface area contributed by atoms with E-state index in [4.69, 9.17) is 12.2 Å². The Morgan fingerprint density at radius 3 is 2.55 bits per heavy atom. The molecule has 4 heterocycles. The summed E-state index contributed by atoms with van der Waals surface area (Å²) >= 11 is 9.46. The lowest BCUT2D eigenvalue weighted by Crippen LogP contribution is -2.29. The monoisotopic (exact) mass is 517 g/mol. The molecule has 1 aliphatic heterocycles. The number of thiocarbonyl (C=S) groups is 1. The standard InChI is InChI=1S/C26H24BrN5S/c1-17-14-22(18(2)32(17)21-7-5-6-20(27)15-21)25-24(23-8-3-4-11-29-23)30-26(33)31(25)16-19-9-12-28-13-10-19/h3-15,24-25H,16H2,1-2H3,(H,30,33). The van der Waals surface area contributed by atoms with E-state index >= 15 is 0 Å². The van der Waals surface area contributed by atoms with Crippen molar-refractivity contribution in [2.45, 2.75) is 32.5 Å². The summed E-state index contributed by atoms with van der Waals surface area (Å²) in [5, 5.41) is 4.29. The lowest BCUT2D eigenvalue weighted by molar-refractivity contribution is 0.310. The van der Waals surface area contributed by atoms with Gasteiger partial charge in [0, 0.05) is 46.7 Å². The van der Waals surface area contributed by atoms with Gasteiger partial charge in [-0.05, 0) is 85.7 Å². The van der Waals surface area contributed by atoms with Crippen LogP contribution in [0.25, 0.3) is 5.69 Å². The summed E-state index contributed by atoms with van der Waals surface area (Å²) in [6.45, 7) is 5.04. The largest absolute Gasteiger partial charge is 0.352 e. The number of pyridine rings is 2. The molecule has 5 nitrogen and oxygen atoms in total. The van der Waals surface area contributed by atoms with Crippen LogP contribution in [0.1, 0.15) is 40.3 Å². The molecule has 33 heavy (non-hydrogen) atoms. The van der Waals surface area contributed by atoms with Gasteiger partial charge in [-0.25, -0.2) is 0 Å². The second-order valence-corrected chi connectivity index (χ2v) is 9.55. The quantitative estimate of drug-likeness (QED) is 0.338. The van der Waals surface area contributed by atoms with Gasteiger partial charge in [-0.1, -0.05) is 28.1 Å². The predicted octanol–water partition coefficient (Wildman–Crippen LogP) is 5.82. The second kappa shape index (κ2) is 9.08. The summed E-state index contributed by atoms with van der Waals surface area (Å²) in [4.78, 5) is 11.1. The molecule has 2 atom stereocenters. The van der Waals surface area contributed by atoms with Crippen LogP contribution in [-0.2, 0) is 6.54 Å². The first-order valence-corrected chi connectivity index (χ1v) is 12.0. The van der Waals surface area contributed by atoms with E-state index in [2.05, 4.69) is 84.9 Å². The highest BCUT2D eigenvalue weighted by Gasteiger charge is 2.41. The molecule has 4 aromatic rings. The average molecular weight is 518 g/mol. The van der Waals surface area contributed by atoms with Crippen molar-refractivity contribution < 1.29 is 0 Å². The van der Waals surface area contributed by atoms with Crippen LogP contribution < -0.4 is 5.32 Å². The van der Waals surface area contributed by atoms with E-state index in [0.29, 0.717) is 6.54 Å². The Labute approximate surface area is 207 Å². The molecule has 0 amide bonds. The Morgan fingerprint density at radius 1 is 1.00 bits per heavy atom. The van der Waals surface area contributed by atoms with Crippen molar-refractivity contribution in [3.05, 3.63) is 112 Å². The fourth-order valence-corrected chi connectivity index (χ4v) is 5.39. The van der Waals surface area contributed by atoms with Crippen LogP contribution in [0.4, 0.5) is 0 Å². The zero-order valence-electron chi connectivity index (χ0n) is 18.4. The smallest absolute Gasteiger partial charge is 0.170 e. The van der Waals surface area contributed by atoms with Gasteiger partial charge in [0.05, 0.1) is 17.8 Å². The molecular weight excluding hydrogens is 494 g/mol. The molecule has 7 heteroatoms. The van der Waals surface area contributed by atoms with E-state index in [-0.39, 0.29) is 12.1 Å². The summed E-state index contributed by atoms with van der Waals surface area (Å²) in [5.74, 6) is 0. The van der Waals surface area contributed by atoms with Gasteiger partial charge in [0.15, 0.2) is 5.11 Å². The van der Waals surface area contributed by atoms with Gasteiger partial charge in [0.2, 0.25) is 0 Å². The van der Waals surface area contributed by atoms with Crippen molar-refractivity contribution in [1.29, 1.82) is 0 Å². The number of nitrogens with one attached hydrogen (secondary N) is 1. The molecule has 0 bridgehead atoms. The summed E-state index contributed by atoms with van der Waals surface area (Å²) < 4.78 is 3.37. The maximum absolute atomic E-state index is 5.85. The van der Waals surface area contributed by atoms with Crippen molar-refractivity contribution in [2.24, 2.45) is 0 Å². The molecule has 1 saturated heterocycles. The number of hydrogen-bond donors (Lipinski definition) is 1. The zero-order chi connectivity index (χ0) is 22.9. The molecule has 5 rings (SSSR count). The highest BCUT2D eigenvalue weighted by Crippen LogP contribution is 2.42. The van der Waals surface area contributed by atoms with Crippen LogP contribution in [0.15, 0.2) is 83.7 Å². The number of hydrogen-bond acceptors (Lipinski definition) is 3. The van der Waals surface area contributed by atoms with E-state index in [1.54, 1.807) is 0 Å². The third kappa shape index (κ3) is 4.18. The molecule has 3 aromatic heterocycles. The molecular formula is C26H24BrN5S. The molecule has 1 fully saturated rings. The van der Waals surface area contributed by atoms with Crippen molar-refractivity contribution in [3.63, 3.8) is 0 Å². The van der Waals surface area contributed by atoms with Crippen LogP contribution in [0, 0.1) is 13.8 Å². The Morgan fingerprint density at radius 2 is 1.82 bits per heavy atom. The van der Waals surface area contributed by atoms with Gasteiger partial charge in [-0.3, -0.25) is 9.97 Å². The molecule has 0 spiro atoms. The molecule has 2 unspecified atom stereocenters. The number of rotatable bonds is 5. The van der Waals surface area contributed by atoms with Crippen molar-refractivity contribution in [2.75, 3.05) is 0 Å². The lowest BCUT2D eigenvalue weighted by atomic mass is 9.96. The molecule has 0 saturated carbocycles. The number of nitrogens with zero attached hydrogens (tertiary/aromatic N) is 4. The van der Waals surface area contributed by atoms with Gasteiger partial charge < -0.3 is 14.8 Å². The van der Waals surface area contributed by atoms with E-state index in [9.17, 15) is 0 Å². The van der Waals surface area contributed by atoms with Crippen LogP contribution in [0.3, 0.4) is 0 Å². The van der Waals surface area contributed by atoms with Gasteiger partial charge >= 0.3 is 0 Å². The minimum absolute atomic E-state index is 0.00710. The number of aromatic nitrogens is 3. The van der Waals surface area contributed by atoms with Gasteiger partial charge in [0.25, 0.3) is 0 Å². The minimum Gasteiger partial charge on any atom is -0.352 e.